The molecule has 0 spiro atoms. The largest absolute Gasteiger partial charge is 0.481 e. The summed E-state index contributed by atoms with van der Waals surface area (Å²) in [5.41, 5.74) is 12.8. The quantitative estimate of drug-likeness (QED) is 0.0199. The molecule has 4 atom stereocenters. The number of Topliss-reactive ketones (excluding diaryl/α,β-unsaturated/α-hetero) is 2. The molecule has 1 aliphatic rings. The third-order valence-corrected chi connectivity index (χ3v) is 7.69. The van der Waals surface area contributed by atoms with Crippen LogP contribution in [-0.4, -0.2) is 126 Å². The molecule has 22 nitrogen and oxygen atoms in total. The summed E-state index contributed by atoms with van der Waals surface area (Å²) in [7, 11) is 0. The molecule has 53 heavy (non-hydrogen) atoms. The third-order valence-electron chi connectivity index (χ3n) is 7.69. The van der Waals surface area contributed by atoms with E-state index in [1.807, 2.05) is 0 Å². The number of nitrogens with zero attached hydrogens (tertiary/aromatic N) is 2. The molecule has 298 valence electrons. The van der Waals surface area contributed by atoms with Crippen molar-refractivity contribution in [3.8, 4) is 0 Å². The number of ketones is 2. The molecular formula is C31H54N12O10. The number of guanidine groups is 1. The second-order valence-electron chi connectivity index (χ2n) is 13.1. The Hall–Kier alpha value is -5.38. The Balaban J connectivity index is 3.58. The molecule has 0 aliphatic carbocycles. The Morgan fingerprint density at radius 2 is 1.53 bits per heavy atom. The topological polar surface area (TPSA) is 352 Å². The maximum atomic E-state index is 13.9. The van der Waals surface area contributed by atoms with Crippen LogP contribution in [0.4, 0.5) is 4.79 Å². The molecule has 1 saturated heterocycles. The van der Waals surface area contributed by atoms with E-state index >= 15 is 0 Å². The van der Waals surface area contributed by atoms with Gasteiger partial charge in [-0.25, -0.2) is 4.79 Å². The number of hydrogen-bond acceptors (Lipinski definition) is 12. The molecular weight excluding hydrogens is 700 g/mol. The number of carboxylic acids is 1. The molecule has 0 radical (unpaired) electrons. The van der Waals surface area contributed by atoms with Gasteiger partial charge in [-0.05, 0) is 37.5 Å². The Kier molecular flexibility index (Phi) is 20.0. The van der Waals surface area contributed by atoms with Gasteiger partial charge >= 0.3 is 12.0 Å². The SMILES string of the molecule is CC(C)CC1NC(=O)[C@H](C(C)C)NC(=O)C(CC(=O)O)NC(=O)[C@H](CCCN=C(N)N)NC(=O)CCCNC(=O)NCN(CC(=O)C(=O)CNN)C1=O. The van der Waals surface area contributed by atoms with Crippen molar-refractivity contribution in [3.63, 3.8) is 0 Å². The molecule has 1 heterocycles. The van der Waals surface area contributed by atoms with Crippen molar-refractivity contribution in [2.75, 3.05) is 32.8 Å². The minimum absolute atomic E-state index is 0.00789. The number of hydrazine groups is 1. The fraction of sp³-hybridized carbons (Fsp3) is 0.677. The van der Waals surface area contributed by atoms with Crippen LogP contribution in [0.5, 0.6) is 0 Å². The highest BCUT2D eigenvalue weighted by atomic mass is 16.4. The van der Waals surface area contributed by atoms with Crippen LogP contribution in [0.25, 0.3) is 0 Å². The van der Waals surface area contributed by atoms with Crippen LogP contribution < -0.4 is 54.6 Å². The molecule has 0 aromatic rings. The molecule has 14 N–H and O–H groups in total. The maximum Gasteiger partial charge on any atom is 0.316 e. The van der Waals surface area contributed by atoms with E-state index < -0.39 is 109 Å². The lowest BCUT2D eigenvalue weighted by Gasteiger charge is -2.31. The first-order valence-corrected chi connectivity index (χ1v) is 17.1. The average Bonchev–Trinajstić information content (AvgIpc) is 3.06. The van der Waals surface area contributed by atoms with Gasteiger partial charge in [0.2, 0.25) is 41.1 Å². The highest BCUT2D eigenvalue weighted by Crippen LogP contribution is 2.12. The summed E-state index contributed by atoms with van der Waals surface area (Å²) in [4.78, 5) is 121. The van der Waals surface area contributed by atoms with Crippen molar-refractivity contribution in [1.82, 2.24) is 42.2 Å². The number of nitrogens with two attached hydrogens (primary N) is 3. The highest BCUT2D eigenvalue weighted by Gasteiger charge is 2.35. The van der Waals surface area contributed by atoms with Gasteiger partial charge in [-0.1, -0.05) is 27.7 Å². The van der Waals surface area contributed by atoms with Gasteiger partial charge in [0.1, 0.15) is 24.2 Å². The van der Waals surface area contributed by atoms with E-state index in [-0.39, 0.29) is 57.1 Å². The van der Waals surface area contributed by atoms with Gasteiger partial charge in [0.25, 0.3) is 0 Å². The van der Waals surface area contributed by atoms with Crippen molar-refractivity contribution in [2.45, 2.75) is 90.4 Å². The number of hydrogen-bond donors (Lipinski definition) is 11. The van der Waals surface area contributed by atoms with Gasteiger partial charge < -0.3 is 53.4 Å². The van der Waals surface area contributed by atoms with E-state index in [0.29, 0.717) is 0 Å². The molecule has 7 amide bonds. The summed E-state index contributed by atoms with van der Waals surface area (Å²) in [5, 5.41) is 24.4. The third kappa shape index (κ3) is 17.6. The molecule has 0 saturated carbocycles. The van der Waals surface area contributed by atoms with E-state index in [2.05, 4.69) is 42.3 Å². The summed E-state index contributed by atoms with van der Waals surface area (Å²) < 4.78 is 0. The minimum atomic E-state index is -1.70. The fourth-order valence-electron chi connectivity index (χ4n) is 5.00. The number of amides is 7. The lowest BCUT2D eigenvalue weighted by atomic mass is 9.99. The number of carbonyl (C=O) groups is 9. The van der Waals surface area contributed by atoms with Crippen LogP contribution in [0.15, 0.2) is 4.99 Å². The molecule has 1 aliphatic heterocycles. The Labute approximate surface area is 306 Å². The van der Waals surface area contributed by atoms with Gasteiger partial charge in [-0.2, -0.15) is 0 Å². The van der Waals surface area contributed by atoms with Crippen molar-refractivity contribution in [3.05, 3.63) is 0 Å². The highest BCUT2D eigenvalue weighted by molar-refractivity contribution is 6.39. The Morgan fingerprint density at radius 1 is 0.887 bits per heavy atom. The van der Waals surface area contributed by atoms with Gasteiger partial charge in [-0.15, -0.1) is 0 Å². The number of nitrogens with one attached hydrogen (secondary N) is 7. The lowest BCUT2D eigenvalue weighted by molar-refractivity contribution is -0.143. The van der Waals surface area contributed by atoms with Crippen LogP contribution in [0.1, 0.15) is 66.2 Å². The van der Waals surface area contributed by atoms with Gasteiger partial charge in [0.15, 0.2) is 5.96 Å². The van der Waals surface area contributed by atoms with Gasteiger partial charge in [-0.3, -0.25) is 54.6 Å². The van der Waals surface area contributed by atoms with E-state index in [1.54, 1.807) is 27.7 Å². The lowest BCUT2D eigenvalue weighted by Crippen LogP contribution is -2.60. The number of carboxylic acid groups (broad SMARTS) is 1. The van der Waals surface area contributed by atoms with Crippen LogP contribution in [0.3, 0.4) is 0 Å². The van der Waals surface area contributed by atoms with E-state index in [1.165, 1.54) is 0 Å². The number of aliphatic imine (C=N–C) groups is 1. The smallest absolute Gasteiger partial charge is 0.316 e. The zero-order chi connectivity index (χ0) is 40.2. The molecule has 0 aromatic heterocycles. The van der Waals surface area contributed by atoms with E-state index in [4.69, 9.17) is 17.3 Å². The molecule has 22 heteroatoms. The summed E-state index contributed by atoms with van der Waals surface area (Å²) in [6.45, 7) is 4.84. The second-order valence-corrected chi connectivity index (χ2v) is 13.1. The zero-order valence-electron chi connectivity index (χ0n) is 30.5. The van der Waals surface area contributed by atoms with E-state index in [9.17, 15) is 48.3 Å². The number of rotatable bonds is 14. The maximum absolute atomic E-state index is 13.9. The Morgan fingerprint density at radius 3 is 2.11 bits per heavy atom. The number of aliphatic carboxylic acids is 1. The monoisotopic (exact) mass is 754 g/mol. The molecule has 1 fully saturated rings. The van der Waals surface area contributed by atoms with Gasteiger partial charge in [0.05, 0.1) is 26.2 Å². The van der Waals surface area contributed by atoms with Gasteiger partial charge in [0, 0.05) is 19.5 Å². The van der Waals surface area contributed by atoms with Crippen molar-refractivity contribution >= 4 is 59.1 Å². The number of urea groups is 1. The molecule has 2 unspecified atom stereocenters. The van der Waals surface area contributed by atoms with Crippen LogP contribution in [-0.2, 0) is 38.4 Å². The first-order valence-electron chi connectivity index (χ1n) is 17.1. The zero-order valence-corrected chi connectivity index (χ0v) is 30.5. The summed E-state index contributed by atoms with van der Waals surface area (Å²) in [6.07, 6.45) is -0.740. The summed E-state index contributed by atoms with van der Waals surface area (Å²) in [5.74, 6) is -3.54. The summed E-state index contributed by atoms with van der Waals surface area (Å²) >= 11 is 0. The second kappa shape index (κ2) is 23.2. The molecule has 1 rings (SSSR count). The van der Waals surface area contributed by atoms with Crippen molar-refractivity contribution in [1.29, 1.82) is 0 Å². The fourth-order valence-corrected chi connectivity index (χ4v) is 5.00. The van der Waals surface area contributed by atoms with Crippen LogP contribution in [0.2, 0.25) is 0 Å². The minimum Gasteiger partial charge on any atom is -0.481 e. The molecule has 0 aromatic carbocycles. The predicted octanol–water partition coefficient (Wildman–Crippen LogP) is -4.36. The van der Waals surface area contributed by atoms with Crippen molar-refractivity contribution in [2.24, 2.45) is 34.1 Å². The Bertz CT molecular complexity index is 1370. The van der Waals surface area contributed by atoms with Crippen LogP contribution >= 0.6 is 0 Å². The predicted molar refractivity (Wildman–Crippen MR) is 189 cm³/mol. The standard InChI is InChI=1S/C31H54N12O10/c1-16(2)11-20-29(52)43(14-22(45)21(44)13-38-34)15-37-31(53)36-10-6-8-23(46)39-18(7-5-9-35-30(32)33)26(49)40-19(12-24(47)48)27(50)42-25(17(3)4)28(51)41-20/h16-20,25,38H,5-15,34H2,1-4H3,(H,39,46)(H,40,49)(H,41,51)(H,42,50)(H,47,48)(H4,32,33,35)(H2,36,37,53)/t18-,19?,20?,25-/m0/s1. The first kappa shape index (κ1) is 45.6. The normalized spacial score (nSPS) is 21.6. The van der Waals surface area contributed by atoms with Crippen molar-refractivity contribution < 1.29 is 48.3 Å². The van der Waals surface area contributed by atoms with E-state index in [0.717, 1.165) is 4.90 Å². The average molecular weight is 755 g/mol. The summed E-state index contributed by atoms with van der Waals surface area (Å²) in [6, 6.07) is -6.42. The molecule has 0 bridgehead atoms. The van der Waals surface area contributed by atoms with Crippen LogP contribution in [0, 0.1) is 11.8 Å². The number of carbonyl (C=O) groups excluding carboxylic acids is 8. The first-order chi connectivity index (χ1) is 24.9.